The molecule has 0 saturated heterocycles. The summed E-state index contributed by atoms with van der Waals surface area (Å²) in [7, 11) is 2.22. The molecule has 2 atom stereocenters. The van der Waals surface area contributed by atoms with E-state index in [1.54, 1.807) is 0 Å². The first-order valence-electron chi connectivity index (χ1n) is 6.78. The largest absolute Gasteiger partial charge is 0.395 e. The van der Waals surface area contributed by atoms with E-state index in [1.807, 2.05) is 0 Å². The highest BCUT2D eigenvalue weighted by Gasteiger charge is 2.30. The summed E-state index contributed by atoms with van der Waals surface area (Å²) in [5, 5.41) is 12.8. The number of aliphatic hydroxyl groups excluding tert-OH is 1. The molecule has 2 fully saturated rings. The van der Waals surface area contributed by atoms with Crippen molar-refractivity contribution in [2.24, 2.45) is 5.92 Å². The summed E-state index contributed by atoms with van der Waals surface area (Å²) in [6, 6.07) is 1.73. The minimum Gasteiger partial charge on any atom is -0.395 e. The van der Waals surface area contributed by atoms with E-state index in [0.717, 1.165) is 24.9 Å². The topological polar surface area (TPSA) is 35.5 Å². The molecule has 2 aliphatic rings. The van der Waals surface area contributed by atoms with Crippen molar-refractivity contribution in [3.8, 4) is 0 Å². The molecule has 0 aromatic carbocycles. The van der Waals surface area contributed by atoms with E-state index in [1.165, 1.54) is 25.7 Å². The summed E-state index contributed by atoms with van der Waals surface area (Å²) in [6.07, 6.45) is 6.49. The zero-order chi connectivity index (χ0) is 11.5. The van der Waals surface area contributed by atoms with E-state index >= 15 is 0 Å². The van der Waals surface area contributed by atoms with Crippen LogP contribution in [0.3, 0.4) is 0 Å². The van der Waals surface area contributed by atoms with Crippen molar-refractivity contribution in [1.29, 1.82) is 0 Å². The van der Waals surface area contributed by atoms with E-state index in [0.29, 0.717) is 12.1 Å². The maximum Gasteiger partial charge on any atom is 0.0585 e. The molecule has 2 aliphatic carbocycles. The summed E-state index contributed by atoms with van der Waals surface area (Å²) >= 11 is 0. The van der Waals surface area contributed by atoms with Gasteiger partial charge in [0.1, 0.15) is 0 Å². The molecule has 0 radical (unpaired) electrons. The van der Waals surface area contributed by atoms with Crippen LogP contribution in [0.1, 0.15) is 39.0 Å². The second kappa shape index (κ2) is 5.48. The first kappa shape index (κ1) is 12.3. The molecule has 0 aromatic heterocycles. The smallest absolute Gasteiger partial charge is 0.0585 e. The van der Waals surface area contributed by atoms with Crippen molar-refractivity contribution in [3.05, 3.63) is 0 Å². The summed E-state index contributed by atoms with van der Waals surface area (Å²) in [5.74, 6) is 0.939. The van der Waals surface area contributed by atoms with Gasteiger partial charge in [-0.05, 0) is 58.5 Å². The lowest BCUT2D eigenvalue weighted by Gasteiger charge is -2.26. The van der Waals surface area contributed by atoms with Gasteiger partial charge in [-0.3, -0.25) is 0 Å². The van der Waals surface area contributed by atoms with Gasteiger partial charge < -0.3 is 15.3 Å². The van der Waals surface area contributed by atoms with Gasteiger partial charge in [0.2, 0.25) is 0 Å². The third-order valence-electron chi connectivity index (χ3n) is 4.10. The fourth-order valence-electron chi connectivity index (χ4n) is 2.31. The normalized spacial score (nSPS) is 24.8. The summed E-state index contributed by atoms with van der Waals surface area (Å²) in [6.45, 7) is 3.71. The monoisotopic (exact) mass is 226 g/mol. The maximum atomic E-state index is 9.29. The Hall–Kier alpha value is -0.120. The van der Waals surface area contributed by atoms with Crippen molar-refractivity contribution in [3.63, 3.8) is 0 Å². The van der Waals surface area contributed by atoms with Crippen LogP contribution in [0.2, 0.25) is 0 Å². The Balaban J connectivity index is 1.63. The number of aliphatic hydroxyl groups is 1. The Labute approximate surface area is 99.2 Å². The molecule has 0 bridgehead atoms. The van der Waals surface area contributed by atoms with Crippen molar-refractivity contribution < 1.29 is 5.11 Å². The molecule has 2 N–H and O–H groups in total. The van der Waals surface area contributed by atoms with Gasteiger partial charge in [0.15, 0.2) is 0 Å². The van der Waals surface area contributed by atoms with Crippen LogP contribution in [0, 0.1) is 5.92 Å². The molecule has 0 aromatic rings. The molecule has 0 aliphatic heterocycles. The second-order valence-electron chi connectivity index (χ2n) is 5.67. The SMILES string of the molecule is CC(C1CC1)N(C)CCC(CO)NC1CC1. The molecule has 3 nitrogen and oxygen atoms in total. The molecule has 2 saturated carbocycles. The van der Waals surface area contributed by atoms with Gasteiger partial charge in [0.25, 0.3) is 0 Å². The average Bonchev–Trinajstić information content (AvgIpc) is 3.15. The van der Waals surface area contributed by atoms with Gasteiger partial charge in [-0.25, -0.2) is 0 Å². The summed E-state index contributed by atoms with van der Waals surface area (Å²) in [5.41, 5.74) is 0. The minimum atomic E-state index is 0.280. The number of nitrogens with zero attached hydrogens (tertiary/aromatic N) is 1. The zero-order valence-electron chi connectivity index (χ0n) is 10.7. The molecule has 0 spiro atoms. The predicted octanol–water partition coefficient (Wildman–Crippen LogP) is 1.22. The first-order valence-corrected chi connectivity index (χ1v) is 6.78. The number of hydrogen-bond acceptors (Lipinski definition) is 3. The van der Waals surface area contributed by atoms with Crippen LogP contribution in [-0.2, 0) is 0 Å². The minimum absolute atomic E-state index is 0.280. The fourth-order valence-corrected chi connectivity index (χ4v) is 2.31. The van der Waals surface area contributed by atoms with E-state index in [9.17, 15) is 5.11 Å². The third kappa shape index (κ3) is 3.72. The Morgan fingerprint density at radius 1 is 1.31 bits per heavy atom. The second-order valence-corrected chi connectivity index (χ2v) is 5.67. The quantitative estimate of drug-likeness (QED) is 0.653. The Kier molecular flexibility index (Phi) is 4.22. The number of rotatable bonds is 8. The van der Waals surface area contributed by atoms with Crippen LogP contribution >= 0.6 is 0 Å². The van der Waals surface area contributed by atoms with E-state index in [2.05, 4.69) is 24.2 Å². The number of nitrogens with one attached hydrogen (secondary N) is 1. The number of hydrogen-bond donors (Lipinski definition) is 2. The standard InChI is InChI=1S/C13H26N2O/c1-10(11-3-4-11)15(2)8-7-13(9-16)14-12-5-6-12/h10-14,16H,3-9H2,1-2H3. The average molecular weight is 226 g/mol. The molecular formula is C13H26N2O. The highest BCUT2D eigenvalue weighted by atomic mass is 16.3. The highest BCUT2D eigenvalue weighted by molar-refractivity contribution is 4.87. The van der Waals surface area contributed by atoms with Crippen LogP contribution in [0.4, 0.5) is 0 Å². The van der Waals surface area contributed by atoms with Crippen LogP contribution in [0.25, 0.3) is 0 Å². The van der Waals surface area contributed by atoms with Crippen LogP contribution < -0.4 is 5.32 Å². The van der Waals surface area contributed by atoms with Crippen LogP contribution in [0.5, 0.6) is 0 Å². The van der Waals surface area contributed by atoms with Crippen molar-refractivity contribution in [1.82, 2.24) is 10.2 Å². The highest BCUT2D eigenvalue weighted by Crippen LogP contribution is 2.34. The Morgan fingerprint density at radius 3 is 2.50 bits per heavy atom. The lowest BCUT2D eigenvalue weighted by Crippen LogP contribution is -2.39. The molecule has 0 amide bonds. The van der Waals surface area contributed by atoms with E-state index in [-0.39, 0.29) is 6.61 Å². The van der Waals surface area contributed by atoms with Gasteiger partial charge in [-0.1, -0.05) is 0 Å². The molecule has 3 heteroatoms. The predicted molar refractivity (Wildman–Crippen MR) is 66.5 cm³/mol. The Bertz CT molecular complexity index is 212. The summed E-state index contributed by atoms with van der Waals surface area (Å²) < 4.78 is 0. The van der Waals surface area contributed by atoms with Crippen molar-refractivity contribution in [2.75, 3.05) is 20.2 Å². The maximum absolute atomic E-state index is 9.29. The first-order chi connectivity index (χ1) is 7.70. The van der Waals surface area contributed by atoms with E-state index in [4.69, 9.17) is 0 Å². The van der Waals surface area contributed by atoms with E-state index < -0.39 is 0 Å². The van der Waals surface area contributed by atoms with Crippen molar-refractivity contribution in [2.45, 2.75) is 57.2 Å². The lowest BCUT2D eigenvalue weighted by atomic mass is 10.1. The van der Waals surface area contributed by atoms with Gasteiger partial charge in [0.05, 0.1) is 6.61 Å². The molecule has 0 heterocycles. The third-order valence-corrected chi connectivity index (χ3v) is 4.10. The summed E-state index contributed by atoms with van der Waals surface area (Å²) in [4.78, 5) is 2.45. The van der Waals surface area contributed by atoms with Gasteiger partial charge in [0, 0.05) is 18.1 Å². The fraction of sp³-hybridized carbons (Fsp3) is 1.00. The lowest BCUT2D eigenvalue weighted by molar-refractivity contribution is 0.190. The van der Waals surface area contributed by atoms with Gasteiger partial charge in [-0.15, -0.1) is 0 Å². The molecular weight excluding hydrogens is 200 g/mol. The van der Waals surface area contributed by atoms with Gasteiger partial charge in [-0.2, -0.15) is 0 Å². The van der Waals surface area contributed by atoms with Gasteiger partial charge >= 0.3 is 0 Å². The Morgan fingerprint density at radius 2 is 2.00 bits per heavy atom. The molecule has 2 rings (SSSR count). The molecule has 94 valence electrons. The molecule has 16 heavy (non-hydrogen) atoms. The van der Waals surface area contributed by atoms with Crippen LogP contribution in [-0.4, -0.2) is 48.3 Å². The van der Waals surface area contributed by atoms with Crippen LogP contribution in [0.15, 0.2) is 0 Å². The molecule has 2 unspecified atom stereocenters. The van der Waals surface area contributed by atoms with Crippen molar-refractivity contribution >= 4 is 0 Å². The zero-order valence-corrected chi connectivity index (χ0v) is 10.7.